The quantitative estimate of drug-likeness (QED) is 0.158. The van der Waals surface area contributed by atoms with Crippen molar-refractivity contribution in [3.63, 3.8) is 0 Å². The van der Waals surface area contributed by atoms with Crippen molar-refractivity contribution in [1.29, 1.82) is 0 Å². The Kier molecular flexibility index (Phi) is 33.5. The molecule has 13 nitrogen and oxygen atoms in total. The summed E-state index contributed by atoms with van der Waals surface area (Å²) in [7, 11) is 1.97. The van der Waals surface area contributed by atoms with Crippen molar-refractivity contribution in [1.82, 2.24) is 49.4 Å². The third-order valence-corrected chi connectivity index (χ3v) is 7.28. The van der Waals surface area contributed by atoms with Gasteiger partial charge in [0.05, 0.1) is 16.2 Å². The van der Waals surface area contributed by atoms with Crippen molar-refractivity contribution >= 4 is 34.6 Å². The summed E-state index contributed by atoms with van der Waals surface area (Å²) in [5, 5.41) is 11.6. The van der Waals surface area contributed by atoms with Gasteiger partial charge in [-0.15, -0.1) is 22.7 Å². The summed E-state index contributed by atoms with van der Waals surface area (Å²) in [5.74, 6) is 3.56. The molecular weight excluding hydrogens is 729 g/mol. The van der Waals surface area contributed by atoms with Crippen LogP contribution in [-0.2, 0) is 7.05 Å². The molecule has 0 aliphatic carbocycles. The Morgan fingerprint density at radius 2 is 1.40 bits per heavy atom. The topological polar surface area (TPSA) is 162 Å². The van der Waals surface area contributed by atoms with Crippen LogP contribution in [0.3, 0.4) is 0 Å². The molecule has 55 heavy (non-hydrogen) atoms. The number of H-pyrrole nitrogens is 1. The van der Waals surface area contributed by atoms with Crippen molar-refractivity contribution in [2.75, 3.05) is 0 Å². The van der Waals surface area contributed by atoms with Gasteiger partial charge >= 0.3 is 0 Å². The molecule has 0 amide bonds. The Morgan fingerprint density at radius 3 is 1.58 bits per heavy atom. The number of imidazole rings is 2. The second kappa shape index (κ2) is 34.2. The second-order valence-electron chi connectivity index (χ2n) is 10.5. The largest absolute Gasteiger partial charge is 0.449 e. The van der Waals surface area contributed by atoms with Gasteiger partial charge in [0.25, 0.3) is 0 Å². The molecule has 300 valence electrons. The predicted octanol–water partition coefficient (Wildman–Crippen LogP) is 10.6. The number of nitrogens with one attached hydrogen (secondary N) is 1. The molecule has 0 saturated heterocycles. The molecule has 0 radical (unpaired) electrons. The molecule has 0 bridgehead atoms. The Labute approximate surface area is 337 Å². The highest BCUT2D eigenvalue weighted by atomic mass is 32.1. The van der Waals surface area contributed by atoms with E-state index in [1.165, 1.54) is 4.88 Å². The number of nitrogens with zero attached hydrogens (tertiary/aromatic N) is 11. The Balaban J connectivity index is -0.000000558. The smallest absolute Gasteiger partial charge is 0.190 e. The maximum atomic E-state index is 4.72. The van der Waals surface area contributed by atoms with Crippen molar-refractivity contribution in [2.45, 2.75) is 91.0 Å². The molecule has 0 saturated carbocycles. The molecule has 0 spiro atoms. The van der Waals surface area contributed by atoms with E-state index in [0.29, 0.717) is 0 Å². The van der Waals surface area contributed by atoms with Crippen LogP contribution in [0.1, 0.15) is 79.6 Å². The van der Waals surface area contributed by atoms with Crippen LogP contribution in [-0.4, -0.2) is 61.3 Å². The number of thiazole rings is 2. The zero-order valence-corrected chi connectivity index (χ0v) is 33.3. The van der Waals surface area contributed by atoms with Gasteiger partial charge in [-0.3, -0.25) is 9.97 Å². The number of hydrogen-bond donors (Lipinski definition) is 1. The predicted molar refractivity (Wildman–Crippen MR) is 233 cm³/mol. The Hall–Kier alpha value is -5.54. The number of rotatable bonds is 0. The third-order valence-electron chi connectivity index (χ3n) is 5.75. The fraction of sp³-hybridized carbons (Fsp3) is 0.350. The lowest BCUT2D eigenvalue weighted by Crippen LogP contribution is -1.86. The van der Waals surface area contributed by atoms with Crippen LogP contribution in [0, 0.1) is 55.4 Å². The molecular formula is C40H62N12OS2. The van der Waals surface area contributed by atoms with E-state index in [0.717, 1.165) is 51.2 Å². The van der Waals surface area contributed by atoms with E-state index < -0.39 is 0 Å². The summed E-state index contributed by atoms with van der Waals surface area (Å²) in [5.41, 5.74) is 2.18. The molecule has 8 rings (SSSR count). The maximum Gasteiger partial charge on any atom is 0.190 e. The molecule has 0 aromatic carbocycles. The van der Waals surface area contributed by atoms with E-state index in [1.54, 1.807) is 97.7 Å². The first-order valence-corrected chi connectivity index (χ1v) is 17.8. The molecule has 1 aliphatic heterocycles. The van der Waals surface area contributed by atoms with E-state index in [2.05, 4.69) is 62.0 Å². The summed E-state index contributed by atoms with van der Waals surface area (Å²) in [6.45, 7) is 17.6. The minimum atomic E-state index is 0. The van der Waals surface area contributed by atoms with Gasteiger partial charge in [-0.25, -0.2) is 29.9 Å². The Bertz CT molecular complexity index is 1700. The zero-order chi connectivity index (χ0) is 38.4. The number of pyridine rings is 1. The second-order valence-corrected chi connectivity index (χ2v) is 13.0. The number of aromatic nitrogens is 10. The summed E-state index contributed by atoms with van der Waals surface area (Å²) in [6.07, 6.45) is 22.1. The highest BCUT2D eigenvalue weighted by molar-refractivity contribution is 7.11. The van der Waals surface area contributed by atoms with Gasteiger partial charge in [0.2, 0.25) is 0 Å². The van der Waals surface area contributed by atoms with Crippen LogP contribution in [0.25, 0.3) is 0 Å². The average Bonchev–Trinajstić information content (AvgIpc) is 3.99. The first kappa shape index (κ1) is 53.8. The normalized spacial score (nSPS) is 9.53. The van der Waals surface area contributed by atoms with Crippen molar-refractivity contribution in [3.8, 4) is 0 Å². The standard InChI is InChI=1S/C6H7N.C5H8N2.C5H6N2.C5H7NS.2C4H6N2.C4H5NO.C4H5NS.3CH4/c1-6-4-2-3-5-7-6;1-5-6-3-4-7(5)2;1-5-6-3-2-4-7-5;1-4-3-6-5(2)7-4;1-4-5-2-3-6-4;1-4-2-3-5-6-4;2*1-4-5-2-3-6-4;;;/h2-5H,1H3;3-4H,1-2H3;2-4H,1H3;3H,1-2H3;2-3H,1H3,(H,5,6);3H,2H2,1H3;2*2-3H,1H3;3*1H4. The SMILES string of the molecule is C.C.C.CC1=NN=CC1.Cc1ccccn1.Cc1cnc(C)s1.Cc1ncc[nH]1.Cc1ncccn1.Cc1nccn1C.Cc1ncco1.Cc1nccs1. The molecule has 8 heterocycles. The summed E-state index contributed by atoms with van der Waals surface area (Å²) in [4.78, 5) is 35.5. The van der Waals surface area contributed by atoms with Crippen molar-refractivity contribution < 1.29 is 4.42 Å². The monoisotopic (exact) mass is 790 g/mol. The number of aromatic amines is 1. The van der Waals surface area contributed by atoms with Gasteiger partial charge in [0, 0.05) is 104 Å². The molecule has 15 heteroatoms. The van der Waals surface area contributed by atoms with Gasteiger partial charge in [-0.05, 0) is 73.6 Å². The van der Waals surface area contributed by atoms with Crippen LogP contribution in [0.15, 0.2) is 112 Å². The molecule has 0 fully saturated rings. The minimum Gasteiger partial charge on any atom is -0.449 e. The lowest BCUT2D eigenvalue weighted by atomic mass is 10.3. The molecule has 7 aromatic rings. The molecule has 0 unspecified atom stereocenters. The van der Waals surface area contributed by atoms with Crippen LogP contribution in [0.4, 0.5) is 0 Å². The minimum absolute atomic E-state index is 0. The molecule has 1 aliphatic rings. The van der Waals surface area contributed by atoms with Gasteiger partial charge in [0.15, 0.2) is 5.89 Å². The highest BCUT2D eigenvalue weighted by Gasteiger charge is 1.90. The Morgan fingerprint density at radius 1 is 0.691 bits per heavy atom. The lowest BCUT2D eigenvalue weighted by molar-refractivity contribution is 0.521. The lowest BCUT2D eigenvalue weighted by Gasteiger charge is -1.87. The van der Waals surface area contributed by atoms with Gasteiger partial charge in [0.1, 0.15) is 23.7 Å². The van der Waals surface area contributed by atoms with Crippen LogP contribution >= 0.6 is 22.7 Å². The van der Waals surface area contributed by atoms with E-state index in [4.69, 9.17) is 4.42 Å². The molecule has 0 atom stereocenters. The first-order chi connectivity index (χ1) is 25.0. The average molecular weight is 791 g/mol. The fourth-order valence-electron chi connectivity index (χ4n) is 3.02. The fourth-order valence-corrected chi connectivity index (χ4v) is 4.13. The van der Waals surface area contributed by atoms with Gasteiger partial charge in [-0.1, -0.05) is 28.3 Å². The number of oxazole rings is 1. The molecule has 7 aromatic heterocycles. The molecule has 1 N–H and O–H groups in total. The third kappa shape index (κ3) is 31.7. The summed E-state index contributed by atoms with van der Waals surface area (Å²) < 4.78 is 6.69. The number of hydrogen-bond acceptors (Lipinski definition) is 13. The van der Waals surface area contributed by atoms with Crippen LogP contribution in [0.2, 0.25) is 0 Å². The van der Waals surface area contributed by atoms with E-state index in [-0.39, 0.29) is 22.3 Å². The van der Waals surface area contributed by atoms with Crippen molar-refractivity contribution in [3.05, 3.63) is 142 Å². The number of aryl methyl sites for hydroxylation is 9. The maximum absolute atomic E-state index is 4.72. The van der Waals surface area contributed by atoms with E-state index >= 15 is 0 Å². The first-order valence-electron chi connectivity index (χ1n) is 16.1. The van der Waals surface area contributed by atoms with Gasteiger partial charge < -0.3 is 14.0 Å². The van der Waals surface area contributed by atoms with Crippen LogP contribution < -0.4 is 0 Å². The highest BCUT2D eigenvalue weighted by Crippen LogP contribution is 2.07. The van der Waals surface area contributed by atoms with Gasteiger partial charge in [-0.2, -0.15) is 10.2 Å². The zero-order valence-electron chi connectivity index (χ0n) is 31.7. The van der Waals surface area contributed by atoms with E-state index in [1.807, 2.05) is 96.1 Å². The summed E-state index contributed by atoms with van der Waals surface area (Å²) >= 11 is 3.40. The van der Waals surface area contributed by atoms with Crippen LogP contribution in [0.5, 0.6) is 0 Å². The summed E-state index contributed by atoms with van der Waals surface area (Å²) in [6, 6.07) is 7.66. The van der Waals surface area contributed by atoms with E-state index in [9.17, 15) is 0 Å². The van der Waals surface area contributed by atoms with Crippen molar-refractivity contribution in [2.24, 2.45) is 17.3 Å².